The molecule has 92 valence electrons. The average Bonchev–Trinajstić information content (AvgIpc) is 2.74. The molecule has 0 bridgehead atoms. The monoisotopic (exact) mass is 229 g/mol. The van der Waals surface area contributed by atoms with Gasteiger partial charge in [-0.3, -0.25) is 4.79 Å². The summed E-state index contributed by atoms with van der Waals surface area (Å²) in [6, 6.07) is -0.211. The molecule has 2 fully saturated rings. The van der Waals surface area contributed by atoms with E-state index in [9.17, 15) is 9.90 Å². The van der Waals surface area contributed by atoms with Crippen LogP contribution in [0, 0.1) is 5.92 Å². The van der Waals surface area contributed by atoms with Gasteiger partial charge < -0.3 is 19.5 Å². The lowest BCUT2D eigenvalue weighted by Crippen LogP contribution is -2.54. The van der Waals surface area contributed by atoms with E-state index in [-0.39, 0.29) is 30.6 Å². The van der Waals surface area contributed by atoms with Crippen LogP contribution in [0.3, 0.4) is 0 Å². The number of aliphatic hydroxyl groups is 1. The molecular weight excluding hydrogens is 210 g/mol. The molecule has 2 saturated heterocycles. The Bertz CT molecular complexity index is 258. The molecule has 1 N–H and O–H groups in total. The standard InChI is InChI=1S/C11H19NO4/c1-8-2-4-16-10(8)11(14)12-3-5-15-7-9(12)6-13/h8-10,13H,2-7H2,1H3. The summed E-state index contributed by atoms with van der Waals surface area (Å²) in [5.74, 6) is 0.280. The summed E-state index contributed by atoms with van der Waals surface area (Å²) in [5.41, 5.74) is 0. The van der Waals surface area contributed by atoms with Gasteiger partial charge in [-0.25, -0.2) is 0 Å². The molecule has 0 radical (unpaired) electrons. The van der Waals surface area contributed by atoms with Crippen LogP contribution in [0.1, 0.15) is 13.3 Å². The van der Waals surface area contributed by atoms with Gasteiger partial charge in [-0.15, -0.1) is 0 Å². The van der Waals surface area contributed by atoms with Crippen LogP contribution in [0.2, 0.25) is 0 Å². The highest BCUT2D eigenvalue weighted by Gasteiger charge is 2.37. The van der Waals surface area contributed by atoms with Crippen molar-refractivity contribution in [2.75, 3.05) is 33.0 Å². The number of ether oxygens (including phenoxy) is 2. The minimum absolute atomic E-state index is 0.00681. The lowest BCUT2D eigenvalue weighted by molar-refractivity contribution is -0.152. The summed E-state index contributed by atoms with van der Waals surface area (Å²) in [7, 11) is 0. The first kappa shape index (κ1) is 11.8. The molecule has 0 aliphatic carbocycles. The summed E-state index contributed by atoms with van der Waals surface area (Å²) in [6.07, 6.45) is 0.608. The van der Waals surface area contributed by atoms with Gasteiger partial charge in [0.05, 0.1) is 25.9 Å². The van der Waals surface area contributed by atoms with Crippen LogP contribution >= 0.6 is 0 Å². The SMILES string of the molecule is CC1CCOC1C(=O)N1CCOCC1CO. The van der Waals surface area contributed by atoms with Gasteiger partial charge in [-0.05, 0) is 12.3 Å². The van der Waals surface area contributed by atoms with E-state index >= 15 is 0 Å². The Morgan fingerprint density at radius 1 is 1.50 bits per heavy atom. The zero-order chi connectivity index (χ0) is 11.5. The van der Waals surface area contributed by atoms with Gasteiger partial charge in [0.15, 0.2) is 0 Å². The highest BCUT2D eigenvalue weighted by atomic mass is 16.5. The second-order valence-electron chi connectivity index (χ2n) is 4.50. The summed E-state index contributed by atoms with van der Waals surface area (Å²) in [6.45, 7) is 4.16. The average molecular weight is 229 g/mol. The number of aliphatic hydroxyl groups excluding tert-OH is 1. The third kappa shape index (κ3) is 2.21. The van der Waals surface area contributed by atoms with Gasteiger partial charge in [0.1, 0.15) is 6.10 Å². The first-order chi connectivity index (χ1) is 7.74. The fraction of sp³-hybridized carbons (Fsp3) is 0.909. The molecule has 5 nitrogen and oxygen atoms in total. The minimum Gasteiger partial charge on any atom is -0.394 e. The van der Waals surface area contributed by atoms with Gasteiger partial charge in [0, 0.05) is 13.2 Å². The molecule has 0 aromatic heterocycles. The summed E-state index contributed by atoms with van der Waals surface area (Å²) in [4.78, 5) is 13.9. The maximum absolute atomic E-state index is 12.2. The Kier molecular flexibility index (Phi) is 3.78. The fourth-order valence-corrected chi connectivity index (χ4v) is 2.27. The van der Waals surface area contributed by atoms with Crippen molar-refractivity contribution < 1.29 is 19.4 Å². The first-order valence-corrected chi connectivity index (χ1v) is 5.84. The lowest BCUT2D eigenvalue weighted by atomic mass is 10.0. The highest BCUT2D eigenvalue weighted by Crippen LogP contribution is 2.23. The fourth-order valence-electron chi connectivity index (χ4n) is 2.27. The summed E-state index contributed by atoms with van der Waals surface area (Å²) in [5, 5.41) is 9.20. The first-order valence-electron chi connectivity index (χ1n) is 5.84. The topological polar surface area (TPSA) is 59.0 Å². The minimum atomic E-state index is -0.327. The van der Waals surface area contributed by atoms with Crippen molar-refractivity contribution in [1.29, 1.82) is 0 Å². The number of amides is 1. The van der Waals surface area contributed by atoms with E-state index in [1.807, 2.05) is 6.92 Å². The molecule has 2 rings (SSSR count). The lowest BCUT2D eigenvalue weighted by Gasteiger charge is -2.36. The van der Waals surface area contributed by atoms with Crippen LogP contribution in [0.25, 0.3) is 0 Å². The van der Waals surface area contributed by atoms with Gasteiger partial charge in [0.25, 0.3) is 5.91 Å². The molecule has 2 aliphatic rings. The number of hydrogen-bond acceptors (Lipinski definition) is 4. The van der Waals surface area contributed by atoms with Crippen molar-refractivity contribution in [2.45, 2.75) is 25.5 Å². The predicted molar refractivity (Wildman–Crippen MR) is 56.9 cm³/mol. The molecule has 2 heterocycles. The van der Waals surface area contributed by atoms with E-state index in [1.54, 1.807) is 4.90 Å². The van der Waals surface area contributed by atoms with Crippen molar-refractivity contribution in [3.63, 3.8) is 0 Å². The number of carbonyl (C=O) groups excluding carboxylic acids is 1. The van der Waals surface area contributed by atoms with Gasteiger partial charge in [-0.1, -0.05) is 6.92 Å². The van der Waals surface area contributed by atoms with Crippen LogP contribution in [-0.4, -0.2) is 61.0 Å². The maximum atomic E-state index is 12.2. The highest BCUT2D eigenvalue weighted by molar-refractivity contribution is 5.82. The van der Waals surface area contributed by atoms with Gasteiger partial charge in [-0.2, -0.15) is 0 Å². The van der Waals surface area contributed by atoms with Crippen molar-refractivity contribution in [2.24, 2.45) is 5.92 Å². The van der Waals surface area contributed by atoms with Crippen molar-refractivity contribution in [1.82, 2.24) is 4.90 Å². The molecule has 2 aliphatic heterocycles. The smallest absolute Gasteiger partial charge is 0.252 e. The predicted octanol–water partition coefficient (Wildman–Crippen LogP) is -0.369. The number of morpholine rings is 1. The van der Waals surface area contributed by atoms with E-state index in [2.05, 4.69) is 0 Å². The molecule has 0 saturated carbocycles. The normalized spacial score (nSPS) is 35.4. The Balaban J connectivity index is 2.01. The van der Waals surface area contributed by atoms with Crippen molar-refractivity contribution in [3.8, 4) is 0 Å². The van der Waals surface area contributed by atoms with Gasteiger partial charge >= 0.3 is 0 Å². The summed E-state index contributed by atoms with van der Waals surface area (Å²) < 4.78 is 10.7. The van der Waals surface area contributed by atoms with E-state index in [1.165, 1.54) is 0 Å². The third-order valence-corrected chi connectivity index (χ3v) is 3.35. The summed E-state index contributed by atoms with van der Waals surface area (Å²) >= 11 is 0. The number of rotatable bonds is 2. The molecule has 5 heteroatoms. The zero-order valence-electron chi connectivity index (χ0n) is 9.59. The molecule has 1 amide bonds. The third-order valence-electron chi connectivity index (χ3n) is 3.35. The van der Waals surface area contributed by atoms with E-state index in [0.717, 1.165) is 6.42 Å². The second-order valence-corrected chi connectivity index (χ2v) is 4.50. The number of carbonyl (C=O) groups is 1. The molecule has 0 aromatic carbocycles. The number of hydrogen-bond donors (Lipinski definition) is 1. The Morgan fingerprint density at radius 3 is 2.94 bits per heavy atom. The zero-order valence-corrected chi connectivity index (χ0v) is 9.59. The van der Waals surface area contributed by atoms with Crippen LogP contribution in [-0.2, 0) is 14.3 Å². The molecule has 0 spiro atoms. The van der Waals surface area contributed by atoms with Gasteiger partial charge in [0.2, 0.25) is 0 Å². The number of nitrogens with zero attached hydrogens (tertiary/aromatic N) is 1. The van der Waals surface area contributed by atoms with Crippen molar-refractivity contribution in [3.05, 3.63) is 0 Å². The van der Waals surface area contributed by atoms with E-state index in [4.69, 9.17) is 9.47 Å². The van der Waals surface area contributed by atoms with Crippen LogP contribution < -0.4 is 0 Å². The molecular formula is C11H19NO4. The molecule has 0 aromatic rings. The van der Waals surface area contributed by atoms with E-state index in [0.29, 0.717) is 26.4 Å². The Labute approximate surface area is 95.3 Å². The Hall–Kier alpha value is -0.650. The molecule has 16 heavy (non-hydrogen) atoms. The maximum Gasteiger partial charge on any atom is 0.252 e. The van der Waals surface area contributed by atoms with Crippen LogP contribution in [0.4, 0.5) is 0 Å². The molecule has 3 atom stereocenters. The van der Waals surface area contributed by atoms with Crippen LogP contribution in [0.5, 0.6) is 0 Å². The quantitative estimate of drug-likeness (QED) is 0.702. The van der Waals surface area contributed by atoms with Crippen molar-refractivity contribution >= 4 is 5.91 Å². The second kappa shape index (κ2) is 5.12. The molecule has 3 unspecified atom stereocenters. The van der Waals surface area contributed by atoms with E-state index < -0.39 is 0 Å². The van der Waals surface area contributed by atoms with Crippen LogP contribution in [0.15, 0.2) is 0 Å². The Morgan fingerprint density at radius 2 is 2.31 bits per heavy atom. The largest absolute Gasteiger partial charge is 0.394 e.